The Labute approximate surface area is 606 Å². The van der Waals surface area contributed by atoms with Gasteiger partial charge in [0.15, 0.2) is 0 Å². The van der Waals surface area contributed by atoms with Gasteiger partial charge in [0.25, 0.3) is 0 Å². The van der Waals surface area contributed by atoms with Crippen LogP contribution in [0.4, 0.5) is 9.59 Å². The Morgan fingerprint density at radius 1 is 0.461 bits per heavy atom. The Bertz CT molecular complexity index is 4490. The summed E-state index contributed by atoms with van der Waals surface area (Å²) >= 11 is 0. The molecule has 16 rings (SSSR count). The third kappa shape index (κ3) is 11.7. The maximum Gasteiger partial charge on any atom is 0.407 e. The number of benzene rings is 8. The first kappa shape index (κ1) is 70.0. The van der Waals surface area contributed by atoms with Gasteiger partial charge in [-0.3, -0.25) is 0 Å². The molecular weight excluding hydrogens is 1310 g/mol. The first-order chi connectivity index (χ1) is 49.1. The van der Waals surface area contributed by atoms with Crippen molar-refractivity contribution in [3.05, 3.63) is 132 Å². The molecule has 12 nitrogen and oxygen atoms in total. The molecule has 2 N–H and O–H groups in total. The van der Waals surface area contributed by atoms with Gasteiger partial charge in [0.05, 0.1) is 9.79 Å². The Kier molecular flexibility index (Phi) is 18.5. The summed E-state index contributed by atoms with van der Waals surface area (Å²) in [4.78, 5) is 28.5. The van der Waals surface area contributed by atoms with E-state index in [1.54, 1.807) is 12.1 Å². The summed E-state index contributed by atoms with van der Waals surface area (Å²) in [7, 11) is -8.88. The lowest BCUT2D eigenvalue weighted by molar-refractivity contribution is -0.0580. The Balaban J connectivity index is 0.647. The monoisotopic (exact) mass is 1410 g/mol. The van der Waals surface area contributed by atoms with Crippen LogP contribution in [0.3, 0.4) is 0 Å². The Hall–Kier alpha value is -6.32. The standard InChI is InChI=1S/C88H110N4O8S2/c1-9-13-55(3)71-33-35-73-67-31-27-63-53-65(39-43-85(63,5)75(67)41-45-87(71,73)7)99-83(93)89-47-49-91(101(95,96)77-37-25-61-21-19-57-15-11-17-59-23-29-69(77)81(61)79(57)59)51-52-92(102(97,98)78-38-26-62-22-20-58-16-12-18-60-24-30-70(78)82(62)80(58)60)50-48-90-84(94)100-66-40-44-86(6)64(54-66)28-32-68-74-36-34-72(56(4)14-10-2)88(74,8)46-42-76(68)86/h11-12,15-30,37-38,55-56,65-68,71-76H,9-10,13-14,31-36,39-54H2,1-8H3,(H,89,93)(H,90,94)/t55-,56-,65?,66?,67+,68+,71-,72-,73+,74+,75+,76+,85+,86+,87-,88-/m1/s1. The second kappa shape index (κ2) is 26.9. The summed E-state index contributed by atoms with van der Waals surface area (Å²) in [6.45, 7) is 18.8. The molecule has 542 valence electrons. The maximum atomic E-state index is 15.9. The molecule has 0 heterocycles. The summed E-state index contributed by atoms with van der Waals surface area (Å²) in [6, 6.07) is 35.0. The van der Waals surface area contributed by atoms with Gasteiger partial charge in [-0.25, -0.2) is 26.4 Å². The van der Waals surface area contributed by atoms with Gasteiger partial charge >= 0.3 is 12.2 Å². The molecule has 2 amide bonds. The van der Waals surface area contributed by atoms with Crippen molar-refractivity contribution >= 4 is 96.9 Å². The lowest BCUT2D eigenvalue weighted by Gasteiger charge is -2.58. The zero-order valence-electron chi connectivity index (χ0n) is 61.8. The molecule has 8 aromatic carbocycles. The lowest BCUT2D eigenvalue weighted by atomic mass is 9.47. The number of amides is 2. The lowest BCUT2D eigenvalue weighted by Crippen LogP contribution is -2.51. The van der Waals surface area contributed by atoms with E-state index in [9.17, 15) is 9.59 Å². The number of carbonyl (C=O) groups is 2. The minimum absolute atomic E-state index is 0.0779. The van der Waals surface area contributed by atoms with Crippen molar-refractivity contribution < 1.29 is 35.9 Å². The summed E-state index contributed by atoms with van der Waals surface area (Å²) < 4.78 is 78.8. The van der Waals surface area contributed by atoms with Gasteiger partial charge in [0.2, 0.25) is 20.0 Å². The highest BCUT2D eigenvalue weighted by atomic mass is 32.2. The van der Waals surface area contributed by atoms with Crippen LogP contribution in [0.5, 0.6) is 0 Å². The van der Waals surface area contributed by atoms with Gasteiger partial charge in [-0.05, 0) is 237 Å². The van der Waals surface area contributed by atoms with Crippen LogP contribution in [-0.4, -0.2) is 89.1 Å². The molecule has 0 radical (unpaired) electrons. The van der Waals surface area contributed by atoms with Gasteiger partial charge in [-0.15, -0.1) is 0 Å². The topological polar surface area (TPSA) is 151 Å². The van der Waals surface area contributed by atoms with Gasteiger partial charge in [-0.1, -0.05) is 201 Å². The van der Waals surface area contributed by atoms with E-state index in [0.717, 1.165) is 128 Å². The molecule has 14 heteroatoms. The number of allylic oxidation sites excluding steroid dienone is 2. The molecule has 0 aromatic heterocycles. The first-order valence-electron chi connectivity index (χ1n) is 39.7. The van der Waals surface area contributed by atoms with E-state index in [2.05, 4.69) is 90.3 Å². The molecule has 16 atom stereocenters. The number of hydrogen-bond donors (Lipinski definition) is 2. The third-order valence-electron chi connectivity index (χ3n) is 29.7. The largest absolute Gasteiger partial charge is 0.446 e. The summed E-state index contributed by atoms with van der Waals surface area (Å²) in [5, 5.41) is 16.5. The molecule has 0 spiro atoms. The minimum atomic E-state index is -4.44. The Morgan fingerprint density at radius 3 is 1.23 bits per heavy atom. The van der Waals surface area contributed by atoms with Crippen LogP contribution in [-0.2, 0) is 29.5 Å². The molecule has 0 bridgehead atoms. The van der Waals surface area contributed by atoms with Crippen molar-refractivity contribution in [1.29, 1.82) is 0 Å². The van der Waals surface area contributed by atoms with E-state index < -0.39 is 32.2 Å². The van der Waals surface area contributed by atoms with Crippen LogP contribution in [0.2, 0.25) is 0 Å². The van der Waals surface area contributed by atoms with Crippen LogP contribution in [0.15, 0.2) is 142 Å². The average molecular weight is 1420 g/mol. The number of nitrogens with one attached hydrogen (secondary N) is 2. The zero-order valence-corrected chi connectivity index (χ0v) is 63.5. The number of carbonyl (C=O) groups excluding carboxylic acids is 2. The predicted octanol–water partition coefficient (Wildman–Crippen LogP) is 20.4. The van der Waals surface area contributed by atoms with Crippen LogP contribution >= 0.6 is 0 Å². The van der Waals surface area contributed by atoms with E-state index in [-0.39, 0.29) is 72.1 Å². The van der Waals surface area contributed by atoms with E-state index in [1.165, 1.54) is 96.8 Å². The number of rotatable bonds is 21. The SMILES string of the molecule is CCC[C@@H](C)[C@H]1CC[C@H]2[C@@H]3CC=C4CC(OC(=O)NCCN(CCN(CCNC(=O)OC5CC[C@@]6(C)C(=CC[C@H]7[C@@H]8CC[C@H]([C@H](C)CCC)[C@@]8(C)CC[C@@H]76)C5)S(=O)(=O)c5ccc6ccc7cccc8ccc5c6c78)S(=O)(=O)c5ccc6ccc7cccc8ccc5c6c78)CC[C@]4(C)[C@H]3CC[C@]12C. The highest BCUT2D eigenvalue weighted by Gasteiger charge is 2.61. The number of ether oxygens (including phenoxy) is 2. The normalized spacial score (nSPS) is 31.5. The molecular formula is C88H110N4O8S2. The van der Waals surface area contributed by atoms with Gasteiger partial charge < -0.3 is 20.1 Å². The van der Waals surface area contributed by atoms with Crippen molar-refractivity contribution in [2.75, 3.05) is 39.3 Å². The van der Waals surface area contributed by atoms with E-state index in [4.69, 9.17) is 9.47 Å². The highest BCUT2D eigenvalue weighted by Crippen LogP contribution is 2.69. The fourth-order valence-corrected chi connectivity index (χ4v) is 28.0. The fourth-order valence-electron chi connectivity index (χ4n) is 24.7. The van der Waals surface area contributed by atoms with E-state index in [1.807, 2.05) is 84.9 Å². The van der Waals surface area contributed by atoms with Crippen molar-refractivity contribution in [2.45, 2.75) is 206 Å². The van der Waals surface area contributed by atoms with Crippen LogP contribution < -0.4 is 10.6 Å². The molecule has 8 aliphatic rings. The molecule has 0 aliphatic heterocycles. The molecule has 0 saturated heterocycles. The van der Waals surface area contributed by atoms with Gasteiger partial charge in [-0.2, -0.15) is 8.61 Å². The van der Waals surface area contributed by atoms with Crippen LogP contribution in [0.25, 0.3) is 64.6 Å². The fraction of sp³-hybridized carbons (Fsp3) is 0.568. The zero-order chi connectivity index (χ0) is 70.8. The first-order valence-corrected chi connectivity index (χ1v) is 42.6. The quantitative estimate of drug-likeness (QED) is 0.0533. The smallest absolute Gasteiger partial charge is 0.407 e. The number of fused-ring (bicyclic) bond motifs is 10. The minimum Gasteiger partial charge on any atom is -0.446 e. The van der Waals surface area contributed by atoms with Gasteiger partial charge in [0, 0.05) is 62.9 Å². The molecule has 6 saturated carbocycles. The van der Waals surface area contributed by atoms with Crippen LogP contribution in [0, 0.1) is 80.8 Å². The molecule has 8 aromatic rings. The molecule has 8 aliphatic carbocycles. The number of alkyl carbamates (subject to hydrolysis) is 2. The number of sulfonamides is 2. The van der Waals surface area contributed by atoms with E-state index >= 15 is 16.8 Å². The summed E-state index contributed by atoms with van der Waals surface area (Å²) in [5.41, 5.74) is 3.83. The third-order valence-corrected chi connectivity index (χ3v) is 33.7. The number of nitrogens with zero attached hydrogens (tertiary/aromatic N) is 2. The van der Waals surface area contributed by atoms with Crippen LogP contribution in [0.1, 0.15) is 184 Å². The molecule has 6 fully saturated rings. The highest BCUT2D eigenvalue weighted by molar-refractivity contribution is 7.89. The maximum absolute atomic E-state index is 15.9. The Morgan fingerprint density at radius 2 is 0.833 bits per heavy atom. The van der Waals surface area contributed by atoms with Crippen molar-refractivity contribution in [1.82, 2.24) is 19.2 Å². The average Bonchev–Trinajstić information content (AvgIpc) is 1.09. The predicted molar refractivity (Wildman–Crippen MR) is 413 cm³/mol. The second-order valence-corrected chi connectivity index (χ2v) is 38.4. The summed E-state index contributed by atoms with van der Waals surface area (Å²) in [6.07, 6.45) is 25.9. The van der Waals surface area contributed by atoms with E-state index in [0.29, 0.717) is 58.1 Å². The molecule has 2 unspecified atom stereocenters. The van der Waals surface area contributed by atoms with Crippen molar-refractivity contribution in [2.24, 2.45) is 80.8 Å². The van der Waals surface area contributed by atoms with Crippen molar-refractivity contribution in [3.63, 3.8) is 0 Å². The second-order valence-electron chi connectivity index (χ2n) is 34.5. The van der Waals surface area contributed by atoms with Crippen molar-refractivity contribution in [3.8, 4) is 0 Å². The number of hydrogen-bond acceptors (Lipinski definition) is 8. The molecule has 102 heavy (non-hydrogen) atoms. The summed E-state index contributed by atoms with van der Waals surface area (Å²) in [5.74, 6) is 7.30. The van der Waals surface area contributed by atoms with Gasteiger partial charge in [0.1, 0.15) is 12.2 Å².